The van der Waals surface area contributed by atoms with Gasteiger partial charge in [-0.2, -0.15) is 4.90 Å². The average molecular weight is 636 g/mol. The van der Waals surface area contributed by atoms with E-state index >= 15 is 0 Å². The molecular weight excluding hydrogens is 598 g/mol. The molecule has 4 aromatic rings. The van der Waals surface area contributed by atoms with Crippen LogP contribution in [0, 0.1) is 6.92 Å². The van der Waals surface area contributed by atoms with E-state index in [0.717, 1.165) is 4.57 Å². The molecule has 0 fully saturated rings. The third-order valence-corrected chi connectivity index (χ3v) is 6.16. The van der Waals surface area contributed by atoms with Crippen LogP contribution >= 0.6 is 0 Å². The second kappa shape index (κ2) is 11.6. The molecule has 14 nitrogen and oxygen atoms in total. The van der Waals surface area contributed by atoms with Gasteiger partial charge in [0.1, 0.15) is 34.4 Å². The number of aromatic nitrogens is 4. The van der Waals surface area contributed by atoms with Gasteiger partial charge in [0, 0.05) is 16.5 Å². The second-order valence-corrected chi connectivity index (χ2v) is 13.6. The van der Waals surface area contributed by atoms with E-state index in [4.69, 9.17) is 14.2 Å². The Bertz CT molecular complexity index is 1870. The van der Waals surface area contributed by atoms with Crippen molar-refractivity contribution in [3.8, 4) is 11.3 Å². The van der Waals surface area contributed by atoms with E-state index in [0.29, 0.717) is 27.7 Å². The number of carboxylic acid groups (broad SMARTS) is 1. The number of carbonyl (C=O) groups excluding carboxylic acids is 4. The van der Waals surface area contributed by atoms with Crippen molar-refractivity contribution in [2.24, 2.45) is 0 Å². The molecule has 46 heavy (non-hydrogen) atoms. The van der Waals surface area contributed by atoms with Crippen molar-refractivity contribution < 1.29 is 43.3 Å². The Labute approximate surface area is 264 Å². The van der Waals surface area contributed by atoms with Crippen LogP contribution in [0.25, 0.3) is 33.3 Å². The van der Waals surface area contributed by atoms with Gasteiger partial charge < -0.3 is 19.3 Å². The highest BCUT2D eigenvalue weighted by molar-refractivity contribution is 6.11. The van der Waals surface area contributed by atoms with E-state index in [1.165, 1.54) is 23.6 Å². The molecule has 0 unspecified atom stereocenters. The maximum atomic E-state index is 13.7. The van der Waals surface area contributed by atoms with Crippen LogP contribution in [-0.4, -0.2) is 71.7 Å². The van der Waals surface area contributed by atoms with Gasteiger partial charge >= 0.3 is 24.4 Å². The third-order valence-electron chi connectivity index (χ3n) is 6.16. The molecule has 4 rings (SSSR count). The lowest BCUT2D eigenvalue weighted by atomic mass is 10.1. The fraction of sp³-hybridized carbons (Fsp3) is 0.406. The smallest absolute Gasteiger partial charge is 0.425 e. The number of hydrogen-bond donors (Lipinski definition) is 1. The summed E-state index contributed by atoms with van der Waals surface area (Å²) in [6.07, 6.45) is -3.83. The molecule has 0 bridgehead atoms. The lowest BCUT2D eigenvalue weighted by Crippen LogP contribution is -2.44. The van der Waals surface area contributed by atoms with E-state index in [1.54, 1.807) is 80.5 Å². The van der Waals surface area contributed by atoms with Crippen LogP contribution in [0.1, 0.15) is 78.5 Å². The summed E-state index contributed by atoms with van der Waals surface area (Å²) >= 11 is 0. The van der Waals surface area contributed by atoms with Crippen molar-refractivity contribution in [3.05, 3.63) is 41.7 Å². The number of imidazole rings is 1. The van der Waals surface area contributed by atoms with Crippen LogP contribution in [0.3, 0.4) is 0 Å². The lowest BCUT2D eigenvalue weighted by Gasteiger charge is -2.28. The minimum Gasteiger partial charge on any atom is -0.464 e. The molecule has 1 aromatic carbocycles. The van der Waals surface area contributed by atoms with Gasteiger partial charge in [0.25, 0.3) is 0 Å². The van der Waals surface area contributed by atoms with Crippen molar-refractivity contribution in [1.29, 1.82) is 0 Å². The van der Waals surface area contributed by atoms with E-state index in [9.17, 15) is 29.1 Å². The summed E-state index contributed by atoms with van der Waals surface area (Å²) in [7, 11) is 0. The molecule has 0 radical (unpaired) electrons. The molecule has 0 atom stereocenters. The summed E-state index contributed by atoms with van der Waals surface area (Å²) in [4.78, 5) is 74.2. The molecule has 1 N–H and O–H groups in total. The van der Waals surface area contributed by atoms with Gasteiger partial charge in [0.2, 0.25) is 0 Å². The number of fused-ring (bicyclic) bond motifs is 2. The van der Waals surface area contributed by atoms with Crippen molar-refractivity contribution >= 4 is 58.5 Å². The summed E-state index contributed by atoms with van der Waals surface area (Å²) < 4.78 is 18.8. The number of benzene rings is 1. The summed E-state index contributed by atoms with van der Waals surface area (Å²) in [6, 6.07) is 7.57. The number of carbonyl (C=O) groups is 5. The van der Waals surface area contributed by atoms with Gasteiger partial charge in [-0.1, -0.05) is 0 Å². The zero-order chi connectivity index (χ0) is 34.5. The number of ether oxygens (including phenoxy) is 3. The molecule has 2 amide bonds. The zero-order valence-corrected chi connectivity index (χ0v) is 27.4. The first-order valence-electron chi connectivity index (χ1n) is 14.3. The molecule has 14 heteroatoms. The van der Waals surface area contributed by atoms with Crippen LogP contribution in [-0.2, 0) is 14.2 Å². The largest absolute Gasteiger partial charge is 0.464 e. The maximum Gasteiger partial charge on any atom is 0.425 e. The number of anilines is 1. The SMILES string of the molecule is Cc1nc2c(-c3cc4cc(C=O)ccc4n3C(=O)OC(C)(C)C)cc(N(C(=O)OC(C)(C)C)C(=O)OC(C)(C)C)nc2n1C(=O)O. The minimum absolute atomic E-state index is 0.0256. The van der Waals surface area contributed by atoms with Gasteiger partial charge in [0.15, 0.2) is 11.5 Å². The Kier molecular flexibility index (Phi) is 8.47. The number of imide groups is 1. The monoisotopic (exact) mass is 635 g/mol. The number of nitrogens with zero attached hydrogens (tertiary/aromatic N) is 5. The summed E-state index contributed by atoms with van der Waals surface area (Å²) in [5.74, 6) is -0.333. The molecule has 3 aromatic heterocycles. The van der Waals surface area contributed by atoms with Crippen molar-refractivity contribution in [1.82, 2.24) is 19.1 Å². The van der Waals surface area contributed by atoms with Gasteiger partial charge in [0.05, 0.1) is 11.2 Å². The highest BCUT2D eigenvalue weighted by Gasteiger charge is 2.36. The molecule has 0 aliphatic heterocycles. The van der Waals surface area contributed by atoms with Gasteiger partial charge in [-0.15, -0.1) is 0 Å². The molecule has 244 valence electrons. The Balaban J connectivity index is 2.14. The minimum atomic E-state index is -1.43. The number of aldehydes is 1. The van der Waals surface area contributed by atoms with Crippen LogP contribution in [0.5, 0.6) is 0 Å². The Morgan fingerprint density at radius 2 is 1.37 bits per heavy atom. The van der Waals surface area contributed by atoms with Crippen molar-refractivity contribution in [2.45, 2.75) is 86.0 Å². The third kappa shape index (κ3) is 7.00. The Morgan fingerprint density at radius 1 is 0.804 bits per heavy atom. The normalized spacial score (nSPS) is 12.2. The second-order valence-electron chi connectivity index (χ2n) is 13.6. The maximum absolute atomic E-state index is 13.7. The van der Waals surface area contributed by atoms with E-state index in [1.807, 2.05) is 0 Å². The first kappa shape index (κ1) is 33.6. The van der Waals surface area contributed by atoms with E-state index < -0.39 is 41.2 Å². The van der Waals surface area contributed by atoms with Crippen LogP contribution in [0.15, 0.2) is 30.3 Å². The summed E-state index contributed by atoms with van der Waals surface area (Å²) in [5, 5.41) is 10.6. The number of aryl methyl sites for hydroxylation is 1. The molecule has 0 saturated heterocycles. The highest BCUT2D eigenvalue weighted by Crippen LogP contribution is 2.37. The van der Waals surface area contributed by atoms with E-state index in [2.05, 4.69) is 9.97 Å². The highest BCUT2D eigenvalue weighted by atomic mass is 16.6. The Morgan fingerprint density at radius 3 is 1.87 bits per heavy atom. The fourth-order valence-corrected chi connectivity index (χ4v) is 4.57. The number of rotatable bonds is 3. The van der Waals surface area contributed by atoms with E-state index in [-0.39, 0.29) is 34.1 Å². The first-order chi connectivity index (χ1) is 21.1. The summed E-state index contributed by atoms with van der Waals surface area (Å²) in [5.41, 5.74) is -2.19. The zero-order valence-electron chi connectivity index (χ0n) is 27.4. The predicted octanol–water partition coefficient (Wildman–Crippen LogP) is 7.16. The van der Waals surface area contributed by atoms with Crippen LogP contribution in [0.2, 0.25) is 0 Å². The van der Waals surface area contributed by atoms with Gasteiger partial charge in [-0.3, -0.25) is 4.79 Å². The van der Waals surface area contributed by atoms with Gasteiger partial charge in [-0.05, 0) is 99.6 Å². The van der Waals surface area contributed by atoms with Crippen LogP contribution < -0.4 is 4.90 Å². The number of pyridine rings is 1. The quantitative estimate of drug-likeness (QED) is 0.179. The molecule has 3 heterocycles. The predicted molar refractivity (Wildman–Crippen MR) is 169 cm³/mol. The van der Waals surface area contributed by atoms with Crippen LogP contribution in [0.4, 0.5) is 25.0 Å². The summed E-state index contributed by atoms with van der Waals surface area (Å²) in [6.45, 7) is 16.2. The first-order valence-corrected chi connectivity index (χ1v) is 14.3. The average Bonchev–Trinajstić information content (AvgIpc) is 3.41. The number of amides is 2. The van der Waals surface area contributed by atoms with Crippen molar-refractivity contribution in [3.63, 3.8) is 0 Å². The lowest BCUT2D eigenvalue weighted by molar-refractivity contribution is 0.0426. The van der Waals surface area contributed by atoms with Gasteiger partial charge in [-0.25, -0.2) is 38.3 Å². The fourth-order valence-electron chi connectivity index (χ4n) is 4.57. The molecular formula is C32H37N5O9. The topological polar surface area (TPSA) is 172 Å². The standard InChI is InChI=1S/C32H37N5O9/c1-17-33-24-20(22-14-19-13-18(16-38)11-12-21(19)36(22)27(41)44-30(2,3)4)15-23(34-25(24)35(17)26(39)40)37(28(42)45-31(5,6)7)29(43)46-32(8,9)10/h11-16H,1-10H3,(H,39,40). The molecule has 0 aliphatic carbocycles. The Hall–Kier alpha value is -5.27. The molecule has 0 aliphatic rings. The molecule has 0 spiro atoms. The molecule has 0 saturated carbocycles. The van der Waals surface area contributed by atoms with Crippen molar-refractivity contribution in [2.75, 3.05) is 4.90 Å². The number of hydrogen-bond acceptors (Lipinski definition) is 10.